The van der Waals surface area contributed by atoms with E-state index in [1.54, 1.807) is 17.0 Å². The number of pyridine rings is 1. The molecule has 0 saturated carbocycles. The molecule has 0 radical (unpaired) electrons. The number of aromatic nitrogens is 1. The van der Waals surface area contributed by atoms with Gasteiger partial charge in [0.05, 0.1) is 31.6 Å². The summed E-state index contributed by atoms with van der Waals surface area (Å²) in [5.41, 5.74) is 6.92. The van der Waals surface area contributed by atoms with E-state index in [9.17, 15) is 18.0 Å². The molecule has 6 nitrogen and oxygen atoms in total. The summed E-state index contributed by atoms with van der Waals surface area (Å²) in [7, 11) is 1.27. The van der Waals surface area contributed by atoms with Crippen molar-refractivity contribution in [1.82, 2.24) is 9.88 Å². The van der Waals surface area contributed by atoms with Gasteiger partial charge in [-0.3, -0.25) is 4.90 Å². The van der Waals surface area contributed by atoms with E-state index in [1.165, 1.54) is 13.3 Å². The lowest BCUT2D eigenvalue weighted by Gasteiger charge is -2.40. The molecule has 0 bridgehead atoms. The van der Waals surface area contributed by atoms with Crippen molar-refractivity contribution < 1.29 is 22.7 Å². The van der Waals surface area contributed by atoms with Crippen LogP contribution in [0.1, 0.15) is 16.9 Å². The van der Waals surface area contributed by atoms with Gasteiger partial charge in [-0.25, -0.2) is 9.78 Å². The molecule has 0 amide bonds. The van der Waals surface area contributed by atoms with Gasteiger partial charge in [-0.1, -0.05) is 0 Å². The van der Waals surface area contributed by atoms with E-state index in [2.05, 4.69) is 9.72 Å². The Hall–Kier alpha value is -1.87. The largest absolute Gasteiger partial charge is 0.464 e. The van der Waals surface area contributed by atoms with E-state index in [0.717, 1.165) is 5.69 Å². The zero-order valence-corrected chi connectivity index (χ0v) is 12.7. The highest BCUT2D eigenvalue weighted by atomic mass is 19.4. The van der Waals surface area contributed by atoms with E-state index < -0.39 is 24.7 Å². The van der Waals surface area contributed by atoms with Crippen LogP contribution in [0.25, 0.3) is 0 Å². The van der Waals surface area contributed by atoms with Crippen molar-refractivity contribution in [3.05, 3.63) is 24.0 Å². The number of carbonyl (C=O) groups excluding carboxylic acids is 1. The number of esters is 1. The Kier molecular flexibility index (Phi) is 5.42. The number of rotatable bonds is 4. The minimum absolute atomic E-state index is 0.0992. The number of nitrogens with two attached hydrogens (primary N) is 1. The molecule has 1 unspecified atom stereocenters. The lowest BCUT2D eigenvalue weighted by Crippen LogP contribution is -2.57. The quantitative estimate of drug-likeness (QED) is 0.836. The second-order valence-corrected chi connectivity index (χ2v) is 5.31. The van der Waals surface area contributed by atoms with Crippen LogP contribution in [-0.2, 0) is 4.74 Å². The Morgan fingerprint density at radius 3 is 2.70 bits per heavy atom. The lowest BCUT2D eigenvalue weighted by atomic mass is 10.2. The van der Waals surface area contributed by atoms with E-state index in [1.807, 2.05) is 4.90 Å². The lowest BCUT2D eigenvalue weighted by molar-refractivity contribution is -0.139. The molecule has 2 heterocycles. The Morgan fingerprint density at radius 1 is 1.43 bits per heavy atom. The fourth-order valence-electron chi connectivity index (χ4n) is 2.43. The standard InChI is InChI=1S/C14H19F3N4O2/c1-23-13(22)11-3-2-10(8-19-11)21-7-6-20(12(18)9-21)5-4-14(15,16)17/h2-3,8,12H,4-7,9,18H2,1H3. The number of carbonyl (C=O) groups is 1. The van der Waals surface area contributed by atoms with Gasteiger partial charge in [0.15, 0.2) is 0 Å². The SMILES string of the molecule is COC(=O)c1ccc(N2CCN(CCC(F)(F)F)C(N)C2)cn1. The van der Waals surface area contributed by atoms with Crippen LogP contribution in [0.4, 0.5) is 18.9 Å². The predicted octanol–water partition coefficient (Wildman–Crippen LogP) is 1.23. The van der Waals surface area contributed by atoms with Crippen LogP contribution in [0.2, 0.25) is 0 Å². The Labute approximate surface area is 132 Å². The molecule has 0 spiro atoms. The van der Waals surface area contributed by atoms with E-state index in [-0.39, 0.29) is 12.2 Å². The molecule has 2 N–H and O–H groups in total. The molecule has 1 aliphatic rings. The molecular weight excluding hydrogens is 313 g/mol. The zero-order chi connectivity index (χ0) is 17.0. The molecule has 1 aromatic heterocycles. The van der Waals surface area contributed by atoms with Crippen molar-refractivity contribution in [3.8, 4) is 0 Å². The van der Waals surface area contributed by atoms with Gasteiger partial charge in [0.25, 0.3) is 0 Å². The van der Waals surface area contributed by atoms with Crippen LogP contribution in [0.5, 0.6) is 0 Å². The predicted molar refractivity (Wildman–Crippen MR) is 78.0 cm³/mol. The van der Waals surface area contributed by atoms with Crippen LogP contribution in [0.15, 0.2) is 18.3 Å². The number of methoxy groups -OCH3 is 1. The van der Waals surface area contributed by atoms with Crippen LogP contribution >= 0.6 is 0 Å². The van der Waals surface area contributed by atoms with Crippen molar-refractivity contribution >= 4 is 11.7 Å². The molecule has 0 aliphatic carbocycles. The third-order valence-corrected chi connectivity index (χ3v) is 3.72. The summed E-state index contributed by atoms with van der Waals surface area (Å²) in [5, 5.41) is 0. The monoisotopic (exact) mass is 332 g/mol. The molecule has 1 aliphatic heterocycles. The maximum Gasteiger partial charge on any atom is 0.390 e. The number of alkyl halides is 3. The van der Waals surface area contributed by atoms with Gasteiger partial charge in [0.1, 0.15) is 5.69 Å². The van der Waals surface area contributed by atoms with Crippen LogP contribution in [0, 0.1) is 0 Å². The van der Waals surface area contributed by atoms with Gasteiger partial charge < -0.3 is 15.4 Å². The number of piperazine rings is 1. The number of anilines is 1. The molecule has 1 fully saturated rings. The molecule has 23 heavy (non-hydrogen) atoms. The van der Waals surface area contributed by atoms with Gasteiger partial charge in [-0.2, -0.15) is 13.2 Å². The highest BCUT2D eigenvalue weighted by Gasteiger charge is 2.31. The topological polar surface area (TPSA) is 71.7 Å². The van der Waals surface area contributed by atoms with Gasteiger partial charge >= 0.3 is 12.1 Å². The first-order chi connectivity index (χ1) is 10.8. The van der Waals surface area contributed by atoms with Crippen LogP contribution in [-0.4, -0.2) is 61.5 Å². The number of hydrogen-bond acceptors (Lipinski definition) is 6. The minimum atomic E-state index is -4.18. The minimum Gasteiger partial charge on any atom is -0.464 e. The molecular formula is C14H19F3N4O2. The van der Waals surface area contributed by atoms with Crippen LogP contribution in [0.3, 0.4) is 0 Å². The molecule has 9 heteroatoms. The second-order valence-electron chi connectivity index (χ2n) is 5.31. The highest BCUT2D eigenvalue weighted by Crippen LogP contribution is 2.22. The molecule has 128 valence electrons. The number of ether oxygens (including phenoxy) is 1. The highest BCUT2D eigenvalue weighted by molar-refractivity contribution is 5.87. The first-order valence-electron chi connectivity index (χ1n) is 7.16. The molecule has 1 saturated heterocycles. The van der Waals surface area contributed by atoms with E-state index >= 15 is 0 Å². The molecule has 1 aromatic rings. The Morgan fingerprint density at radius 2 is 2.17 bits per heavy atom. The normalized spacial score (nSPS) is 19.7. The summed E-state index contributed by atoms with van der Waals surface area (Å²) in [6, 6.07) is 3.26. The third-order valence-electron chi connectivity index (χ3n) is 3.72. The van der Waals surface area contributed by atoms with Crippen molar-refractivity contribution in [3.63, 3.8) is 0 Å². The Balaban J connectivity index is 1.93. The third kappa shape index (κ3) is 4.80. The maximum absolute atomic E-state index is 12.3. The van der Waals surface area contributed by atoms with Gasteiger partial charge in [0.2, 0.25) is 0 Å². The number of halogens is 3. The average Bonchev–Trinajstić information content (AvgIpc) is 2.52. The number of hydrogen-bond donors (Lipinski definition) is 1. The zero-order valence-electron chi connectivity index (χ0n) is 12.7. The Bertz CT molecular complexity index is 536. The van der Waals surface area contributed by atoms with Crippen molar-refractivity contribution in [2.45, 2.75) is 18.8 Å². The maximum atomic E-state index is 12.3. The summed E-state index contributed by atoms with van der Waals surface area (Å²) in [6.45, 7) is 1.29. The van der Waals surface area contributed by atoms with Crippen molar-refractivity contribution in [2.75, 3.05) is 38.2 Å². The fraction of sp³-hybridized carbons (Fsp3) is 0.571. The summed E-state index contributed by atoms with van der Waals surface area (Å²) in [4.78, 5) is 18.9. The second kappa shape index (κ2) is 7.14. The summed E-state index contributed by atoms with van der Waals surface area (Å²) >= 11 is 0. The molecule has 1 atom stereocenters. The first-order valence-corrected chi connectivity index (χ1v) is 7.16. The van der Waals surface area contributed by atoms with E-state index in [0.29, 0.717) is 19.6 Å². The smallest absolute Gasteiger partial charge is 0.390 e. The first kappa shape index (κ1) is 17.5. The molecule has 2 rings (SSSR count). The van der Waals surface area contributed by atoms with Crippen molar-refractivity contribution in [2.24, 2.45) is 5.73 Å². The van der Waals surface area contributed by atoms with Crippen LogP contribution < -0.4 is 10.6 Å². The van der Waals surface area contributed by atoms with Gasteiger partial charge in [-0.15, -0.1) is 0 Å². The van der Waals surface area contributed by atoms with Gasteiger partial charge in [0, 0.05) is 26.2 Å². The van der Waals surface area contributed by atoms with Gasteiger partial charge in [-0.05, 0) is 12.1 Å². The summed E-state index contributed by atoms with van der Waals surface area (Å²) in [5.74, 6) is -0.523. The fourth-order valence-corrected chi connectivity index (χ4v) is 2.43. The molecule has 0 aromatic carbocycles. The number of nitrogens with zero attached hydrogens (tertiary/aromatic N) is 3. The average molecular weight is 332 g/mol. The van der Waals surface area contributed by atoms with E-state index in [4.69, 9.17) is 5.73 Å². The summed E-state index contributed by atoms with van der Waals surface area (Å²) < 4.78 is 41.4. The summed E-state index contributed by atoms with van der Waals surface area (Å²) in [6.07, 6.45) is -3.99. The van der Waals surface area contributed by atoms with Crippen molar-refractivity contribution in [1.29, 1.82) is 0 Å².